The monoisotopic (exact) mass is 320 g/mol. The van der Waals surface area contributed by atoms with E-state index in [-0.39, 0.29) is 5.97 Å². The van der Waals surface area contributed by atoms with E-state index < -0.39 is 0 Å². The molecule has 0 N–H and O–H groups in total. The minimum atomic E-state index is -0.300. The van der Waals surface area contributed by atoms with Crippen LogP contribution in [0.1, 0.15) is 21.5 Å². The maximum Gasteiger partial charge on any atom is 0.338 e. The molecule has 0 heterocycles. The molecule has 0 amide bonds. The van der Waals surface area contributed by atoms with Gasteiger partial charge >= 0.3 is 5.97 Å². The third kappa shape index (κ3) is 2.36. The fourth-order valence-electron chi connectivity index (χ4n) is 1.13. The average molecular weight is 322 g/mol. The van der Waals surface area contributed by atoms with E-state index in [9.17, 15) is 4.79 Å². The highest BCUT2D eigenvalue weighted by Crippen LogP contribution is 2.24. The van der Waals surface area contributed by atoms with Crippen molar-refractivity contribution in [2.24, 2.45) is 0 Å². The van der Waals surface area contributed by atoms with Crippen LogP contribution in [0, 0.1) is 6.92 Å². The van der Waals surface area contributed by atoms with Crippen molar-refractivity contribution in [3.8, 4) is 0 Å². The molecule has 0 saturated carbocycles. The number of rotatable bonds is 2. The molecule has 0 radical (unpaired) electrons. The van der Waals surface area contributed by atoms with E-state index in [1.54, 1.807) is 0 Å². The van der Waals surface area contributed by atoms with Gasteiger partial charge in [0.05, 0.1) is 12.7 Å². The minimum absolute atomic E-state index is 0.300. The summed E-state index contributed by atoms with van der Waals surface area (Å²) in [6, 6.07) is 3.82. The van der Waals surface area contributed by atoms with Gasteiger partial charge in [0.15, 0.2) is 0 Å². The van der Waals surface area contributed by atoms with Crippen molar-refractivity contribution in [2.45, 2.75) is 12.3 Å². The summed E-state index contributed by atoms with van der Waals surface area (Å²) in [4.78, 5) is 11.4. The summed E-state index contributed by atoms with van der Waals surface area (Å²) >= 11 is 6.76. The van der Waals surface area contributed by atoms with Crippen LogP contribution in [-0.2, 0) is 10.1 Å². The lowest BCUT2D eigenvalue weighted by Crippen LogP contribution is -2.05. The van der Waals surface area contributed by atoms with Crippen LogP contribution in [0.3, 0.4) is 0 Å². The normalized spacial score (nSPS) is 10.0. The molecule has 0 aromatic heterocycles. The molecule has 4 heteroatoms. The highest BCUT2D eigenvalue weighted by Gasteiger charge is 2.12. The zero-order chi connectivity index (χ0) is 10.7. The van der Waals surface area contributed by atoms with Gasteiger partial charge in [0.25, 0.3) is 0 Å². The molecule has 1 aromatic carbocycles. The molecule has 0 bridgehead atoms. The summed E-state index contributed by atoms with van der Waals surface area (Å²) in [5, 5.41) is 0.718. The molecule has 0 saturated heterocycles. The Morgan fingerprint density at radius 1 is 1.50 bits per heavy atom. The molecule has 0 unspecified atom stereocenters. The van der Waals surface area contributed by atoms with E-state index in [2.05, 4.69) is 31.9 Å². The molecule has 0 spiro atoms. The SMILES string of the molecule is COC(=O)c1cc(CBr)cc(Br)c1C. The molecule has 0 aliphatic carbocycles. The maximum absolute atomic E-state index is 11.4. The van der Waals surface area contributed by atoms with Gasteiger partial charge in [0.2, 0.25) is 0 Å². The predicted octanol–water partition coefficient (Wildman–Crippen LogP) is 3.44. The van der Waals surface area contributed by atoms with E-state index in [0.29, 0.717) is 5.56 Å². The Labute approximate surface area is 99.9 Å². The van der Waals surface area contributed by atoms with Crippen molar-refractivity contribution in [1.29, 1.82) is 0 Å². The maximum atomic E-state index is 11.4. The van der Waals surface area contributed by atoms with Crippen LogP contribution in [0.2, 0.25) is 0 Å². The number of carbonyl (C=O) groups excluding carboxylic acids is 1. The van der Waals surface area contributed by atoms with Crippen LogP contribution in [-0.4, -0.2) is 13.1 Å². The quantitative estimate of drug-likeness (QED) is 0.616. The van der Waals surface area contributed by atoms with Crippen LogP contribution < -0.4 is 0 Å². The van der Waals surface area contributed by atoms with Crippen LogP contribution >= 0.6 is 31.9 Å². The Balaban J connectivity index is 3.27. The van der Waals surface area contributed by atoms with E-state index in [1.165, 1.54) is 7.11 Å². The van der Waals surface area contributed by atoms with E-state index in [4.69, 9.17) is 4.74 Å². The number of hydrogen-bond acceptors (Lipinski definition) is 2. The third-order valence-corrected chi connectivity index (χ3v) is 3.43. The first-order valence-electron chi connectivity index (χ1n) is 4.03. The van der Waals surface area contributed by atoms with Gasteiger partial charge in [-0.15, -0.1) is 0 Å². The van der Waals surface area contributed by atoms with Gasteiger partial charge in [-0.25, -0.2) is 4.79 Å². The third-order valence-electron chi connectivity index (χ3n) is 1.96. The number of esters is 1. The van der Waals surface area contributed by atoms with Gasteiger partial charge in [-0.2, -0.15) is 0 Å². The number of methoxy groups -OCH3 is 1. The highest BCUT2D eigenvalue weighted by atomic mass is 79.9. The molecule has 0 atom stereocenters. The van der Waals surface area contributed by atoms with Crippen molar-refractivity contribution >= 4 is 37.8 Å². The topological polar surface area (TPSA) is 26.3 Å². The Kier molecular flexibility index (Phi) is 4.13. The molecular weight excluding hydrogens is 312 g/mol. The fourth-order valence-corrected chi connectivity index (χ4v) is 1.97. The van der Waals surface area contributed by atoms with Crippen molar-refractivity contribution in [3.05, 3.63) is 33.3 Å². The molecule has 0 fully saturated rings. The van der Waals surface area contributed by atoms with Gasteiger partial charge in [0, 0.05) is 9.80 Å². The van der Waals surface area contributed by atoms with Gasteiger partial charge in [0.1, 0.15) is 0 Å². The molecule has 1 aromatic rings. The summed E-state index contributed by atoms with van der Waals surface area (Å²) in [5.74, 6) is -0.300. The summed E-state index contributed by atoms with van der Waals surface area (Å²) in [6.45, 7) is 1.88. The van der Waals surface area contributed by atoms with Crippen molar-refractivity contribution in [1.82, 2.24) is 0 Å². The Morgan fingerprint density at radius 2 is 2.14 bits per heavy atom. The number of hydrogen-bond donors (Lipinski definition) is 0. The first kappa shape index (κ1) is 11.7. The highest BCUT2D eigenvalue weighted by molar-refractivity contribution is 9.10. The lowest BCUT2D eigenvalue weighted by atomic mass is 10.1. The summed E-state index contributed by atoms with van der Waals surface area (Å²) < 4.78 is 5.62. The van der Waals surface area contributed by atoms with Crippen LogP contribution in [0.25, 0.3) is 0 Å². The number of benzene rings is 1. The van der Waals surface area contributed by atoms with E-state index in [1.807, 2.05) is 19.1 Å². The van der Waals surface area contributed by atoms with E-state index >= 15 is 0 Å². The van der Waals surface area contributed by atoms with Crippen molar-refractivity contribution in [2.75, 3.05) is 7.11 Å². The average Bonchev–Trinajstić information content (AvgIpc) is 2.20. The number of halogens is 2. The molecule has 76 valence electrons. The molecule has 0 aliphatic rings. The molecule has 2 nitrogen and oxygen atoms in total. The van der Waals surface area contributed by atoms with Crippen LogP contribution in [0.4, 0.5) is 0 Å². The molecular formula is C10H10Br2O2. The predicted molar refractivity (Wildman–Crippen MR) is 62.8 cm³/mol. The van der Waals surface area contributed by atoms with Crippen LogP contribution in [0.15, 0.2) is 16.6 Å². The van der Waals surface area contributed by atoms with Crippen molar-refractivity contribution in [3.63, 3.8) is 0 Å². The number of alkyl halides is 1. The molecule has 14 heavy (non-hydrogen) atoms. The zero-order valence-corrected chi connectivity index (χ0v) is 11.1. The second-order valence-corrected chi connectivity index (χ2v) is 4.29. The van der Waals surface area contributed by atoms with Gasteiger partial charge in [-0.3, -0.25) is 0 Å². The Bertz CT molecular complexity index is 361. The lowest BCUT2D eigenvalue weighted by Gasteiger charge is -2.07. The summed E-state index contributed by atoms with van der Waals surface area (Å²) in [5.41, 5.74) is 2.56. The number of carbonyl (C=O) groups is 1. The fraction of sp³-hybridized carbons (Fsp3) is 0.300. The minimum Gasteiger partial charge on any atom is -0.465 e. The summed E-state index contributed by atoms with van der Waals surface area (Å²) in [7, 11) is 1.39. The van der Waals surface area contributed by atoms with E-state index in [0.717, 1.165) is 20.9 Å². The first-order valence-corrected chi connectivity index (χ1v) is 5.95. The van der Waals surface area contributed by atoms with Crippen LogP contribution in [0.5, 0.6) is 0 Å². The lowest BCUT2D eigenvalue weighted by molar-refractivity contribution is 0.0599. The van der Waals surface area contributed by atoms with Crippen molar-refractivity contribution < 1.29 is 9.53 Å². The standard InChI is InChI=1S/C10H10Br2O2/c1-6-8(10(13)14-2)3-7(5-11)4-9(6)12/h3-4H,5H2,1-2H3. The molecule has 0 aliphatic heterocycles. The van der Waals surface area contributed by atoms with Gasteiger partial charge < -0.3 is 4.74 Å². The second kappa shape index (κ2) is 4.94. The first-order chi connectivity index (χ1) is 6.60. The van der Waals surface area contributed by atoms with Gasteiger partial charge in [-0.1, -0.05) is 31.9 Å². The second-order valence-electron chi connectivity index (χ2n) is 2.88. The number of ether oxygens (including phenoxy) is 1. The smallest absolute Gasteiger partial charge is 0.338 e. The molecule has 1 rings (SSSR count). The zero-order valence-electron chi connectivity index (χ0n) is 7.93. The summed E-state index contributed by atoms with van der Waals surface area (Å²) in [6.07, 6.45) is 0. The van der Waals surface area contributed by atoms with Gasteiger partial charge in [-0.05, 0) is 30.2 Å². The Morgan fingerprint density at radius 3 is 2.64 bits per heavy atom. The Hall–Kier alpha value is -0.350. The largest absolute Gasteiger partial charge is 0.465 e.